The minimum Gasteiger partial charge on any atom is -0.465 e. The monoisotopic (exact) mass is 222 g/mol. The van der Waals surface area contributed by atoms with Gasteiger partial charge in [0.2, 0.25) is 0 Å². The quantitative estimate of drug-likeness (QED) is 0.698. The minimum atomic E-state index is -0.403. The predicted molar refractivity (Wildman–Crippen MR) is 58.2 cm³/mol. The highest BCUT2D eigenvalue weighted by atomic mass is 16.5. The van der Waals surface area contributed by atoms with E-state index in [-0.39, 0.29) is 6.04 Å². The van der Waals surface area contributed by atoms with E-state index in [1.54, 1.807) is 6.07 Å². The van der Waals surface area contributed by atoms with Crippen molar-refractivity contribution in [2.24, 2.45) is 5.73 Å². The molecule has 1 aromatic rings. The number of hydrogen-bond acceptors (Lipinski definition) is 6. The highest BCUT2D eigenvalue weighted by molar-refractivity contribution is 5.89. The molecule has 1 aliphatic rings. The number of methoxy groups -OCH3 is 1. The fraction of sp³-hybridized carbons (Fsp3) is 0.500. The van der Waals surface area contributed by atoms with Crippen molar-refractivity contribution in [3.8, 4) is 0 Å². The zero-order valence-corrected chi connectivity index (χ0v) is 9.09. The Hall–Kier alpha value is -1.69. The molecule has 0 unspecified atom stereocenters. The molecular formula is C10H14N4O2. The van der Waals surface area contributed by atoms with Crippen LogP contribution in [0.1, 0.15) is 16.8 Å². The summed E-state index contributed by atoms with van der Waals surface area (Å²) in [5, 5.41) is 7.78. The van der Waals surface area contributed by atoms with E-state index in [0.29, 0.717) is 11.4 Å². The molecule has 0 aliphatic carbocycles. The predicted octanol–water partition coefficient (Wildman–Crippen LogP) is -0.199. The summed E-state index contributed by atoms with van der Waals surface area (Å²) in [6.45, 7) is 1.60. The SMILES string of the molecule is COC(=O)c1cnnc(N2CC[C@@H](N)C2)c1. The van der Waals surface area contributed by atoms with Crippen LogP contribution >= 0.6 is 0 Å². The van der Waals surface area contributed by atoms with Gasteiger partial charge >= 0.3 is 5.97 Å². The largest absolute Gasteiger partial charge is 0.465 e. The average molecular weight is 222 g/mol. The van der Waals surface area contributed by atoms with Gasteiger partial charge in [0, 0.05) is 19.1 Å². The summed E-state index contributed by atoms with van der Waals surface area (Å²) in [7, 11) is 1.34. The van der Waals surface area contributed by atoms with Crippen molar-refractivity contribution >= 4 is 11.8 Å². The van der Waals surface area contributed by atoms with Gasteiger partial charge in [0.05, 0.1) is 18.9 Å². The Bertz CT molecular complexity index is 396. The number of rotatable bonds is 2. The van der Waals surface area contributed by atoms with Gasteiger partial charge in [-0.05, 0) is 12.5 Å². The summed E-state index contributed by atoms with van der Waals surface area (Å²) in [5.74, 6) is 0.274. The zero-order chi connectivity index (χ0) is 11.5. The van der Waals surface area contributed by atoms with E-state index in [1.807, 2.05) is 4.90 Å². The molecule has 16 heavy (non-hydrogen) atoms. The van der Waals surface area contributed by atoms with Crippen molar-refractivity contribution in [2.75, 3.05) is 25.1 Å². The van der Waals surface area contributed by atoms with Gasteiger partial charge in [-0.3, -0.25) is 0 Å². The molecule has 2 N–H and O–H groups in total. The summed E-state index contributed by atoms with van der Waals surface area (Å²) < 4.78 is 4.63. The first-order chi connectivity index (χ1) is 7.70. The molecule has 0 amide bonds. The van der Waals surface area contributed by atoms with Crippen LogP contribution in [-0.2, 0) is 4.74 Å². The lowest BCUT2D eigenvalue weighted by atomic mass is 10.3. The molecule has 1 saturated heterocycles. The number of ether oxygens (including phenoxy) is 1. The molecule has 86 valence electrons. The topological polar surface area (TPSA) is 81.3 Å². The van der Waals surface area contributed by atoms with Crippen LogP contribution in [0.2, 0.25) is 0 Å². The number of nitrogens with zero attached hydrogens (tertiary/aromatic N) is 3. The normalized spacial score (nSPS) is 19.9. The van der Waals surface area contributed by atoms with Crippen LogP contribution in [0.25, 0.3) is 0 Å². The van der Waals surface area contributed by atoms with E-state index in [1.165, 1.54) is 13.3 Å². The summed E-state index contributed by atoms with van der Waals surface area (Å²) in [6.07, 6.45) is 2.33. The summed E-state index contributed by atoms with van der Waals surface area (Å²) in [4.78, 5) is 13.3. The number of esters is 1. The fourth-order valence-electron chi connectivity index (χ4n) is 1.73. The van der Waals surface area contributed by atoms with Gasteiger partial charge in [0.1, 0.15) is 0 Å². The van der Waals surface area contributed by atoms with Gasteiger partial charge in [-0.2, -0.15) is 5.10 Å². The maximum Gasteiger partial charge on any atom is 0.339 e. The van der Waals surface area contributed by atoms with Crippen LogP contribution in [0.4, 0.5) is 5.82 Å². The lowest BCUT2D eigenvalue weighted by Crippen LogP contribution is -2.27. The molecule has 6 heteroatoms. The van der Waals surface area contributed by atoms with Gasteiger partial charge in [0.25, 0.3) is 0 Å². The van der Waals surface area contributed by atoms with Crippen LogP contribution < -0.4 is 10.6 Å². The Morgan fingerprint density at radius 3 is 3.12 bits per heavy atom. The summed E-state index contributed by atoms with van der Waals surface area (Å²) >= 11 is 0. The first-order valence-corrected chi connectivity index (χ1v) is 5.12. The second kappa shape index (κ2) is 4.44. The van der Waals surface area contributed by atoms with E-state index in [0.717, 1.165) is 19.5 Å². The smallest absolute Gasteiger partial charge is 0.339 e. The Balaban J connectivity index is 2.19. The first-order valence-electron chi connectivity index (χ1n) is 5.12. The molecule has 2 heterocycles. The third kappa shape index (κ3) is 2.11. The first kappa shape index (κ1) is 10.8. The van der Waals surface area contributed by atoms with E-state index < -0.39 is 5.97 Å². The standard InChI is InChI=1S/C10H14N4O2/c1-16-10(15)7-4-9(13-12-5-7)14-3-2-8(11)6-14/h4-5,8H,2-3,6,11H2,1H3/t8-/m1/s1. The Morgan fingerprint density at radius 2 is 2.50 bits per heavy atom. The van der Waals surface area contributed by atoms with Crippen molar-refractivity contribution in [2.45, 2.75) is 12.5 Å². The van der Waals surface area contributed by atoms with E-state index in [2.05, 4.69) is 14.9 Å². The second-order valence-corrected chi connectivity index (χ2v) is 3.79. The number of carbonyl (C=O) groups is 1. The molecule has 6 nitrogen and oxygen atoms in total. The minimum absolute atomic E-state index is 0.170. The molecule has 2 rings (SSSR count). The van der Waals surface area contributed by atoms with Crippen molar-refractivity contribution in [3.05, 3.63) is 17.8 Å². The number of carbonyl (C=O) groups excluding carboxylic acids is 1. The molecule has 0 saturated carbocycles. The van der Waals surface area contributed by atoms with E-state index >= 15 is 0 Å². The lowest BCUT2D eigenvalue weighted by molar-refractivity contribution is 0.0600. The third-order valence-corrected chi connectivity index (χ3v) is 2.61. The number of aromatic nitrogens is 2. The lowest BCUT2D eigenvalue weighted by Gasteiger charge is -2.15. The zero-order valence-electron chi connectivity index (χ0n) is 9.09. The van der Waals surface area contributed by atoms with Crippen LogP contribution in [0, 0.1) is 0 Å². The van der Waals surface area contributed by atoms with Crippen molar-refractivity contribution < 1.29 is 9.53 Å². The molecule has 0 radical (unpaired) electrons. The highest BCUT2D eigenvalue weighted by Crippen LogP contribution is 2.17. The van der Waals surface area contributed by atoms with E-state index in [9.17, 15) is 4.79 Å². The molecule has 0 spiro atoms. The van der Waals surface area contributed by atoms with Gasteiger partial charge in [-0.15, -0.1) is 5.10 Å². The van der Waals surface area contributed by atoms with Crippen LogP contribution in [0.5, 0.6) is 0 Å². The second-order valence-electron chi connectivity index (χ2n) is 3.79. The van der Waals surface area contributed by atoms with Gasteiger partial charge < -0.3 is 15.4 Å². The molecule has 1 atom stereocenters. The number of nitrogens with two attached hydrogens (primary N) is 1. The Morgan fingerprint density at radius 1 is 1.69 bits per heavy atom. The Labute approximate surface area is 93.4 Å². The molecule has 1 aromatic heterocycles. The van der Waals surface area contributed by atoms with Crippen molar-refractivity contribution in [1.29, 1.82) is 0 Å². The average Bonchev–Trinajstić information content (AvgIpc) is 2.75. The van der Waals surface area contributed by atoms with Gasteiger partial charge in [-0.25, -0.2) is 4.79 Å². The number of hydrogen-bond donors (Lipinski definition) is 1. The molecular weight excluding hydrogens is 208 g/mol. The van der Waals surface area contributed by atoms with Gasteiger partial charge in [-0.1, -0.05) is 0 Å². The Kier molecular flexibility index (Phi) is 3.00. The van der Waals surface area contributed by atoms with Crippen LogP contribution in [-0.4, -0.2) is 42.4 Å². The molecule has 0 aromatic carbocycles. The summed E-state index contributed by atoms with van der Waals surface area (Å²) in [6, 6.07) is 1.85. The van der Waals surface area contributed by atoms with Crippen LogP contribution in [0.15, 0.2) is 12.3 Å². The number of anilines is 1. The maximum absolute atomic E-state index is 11.3. The maximum atomic E-state index is 11.3. The molecule has 1 fully saturated rings. The fourth-order valence-corrected chi connectivity index (χ4v) is 1.73. The highest BCUT2D eigenvalue weighted by Gasteiger charge is 2.21. The van der Waals surface area contributed by atoms with E-state index in [4.69, 9.17) is 5.73 Å². The van der Waals surface area contributed by atoms with Crippen LogP contribution in [0.3, 0.4) is 0 Å². The molecule has 1 aliphatic heterocycles. The van der Waals surface area contributed by atoms with Gasteiger partial charge in [0.15, 0.2) is 5.82 Å². The summed E-state index contributed by atoms with van der Waals surface area (Å²) in [5.41, 5.74) is 6.22. The third-order valence-electron chi connectivity index (χ3n) is 2.61. The van der Waals surface area contributed by atoms with Crippen molar-refractivity contribution in [1.82, 2.24) is 10.2 Å². The van der Waals surface area contributed by atoms with Crippen molar-refractivity contribution in [3.63, 3.8) is 0 Å². The molecule has 0 bridgehead atoms.